The predicted molar refractivity (Wildman–Crippen MR) is 160 cm³/mol. The van der Waals surface area contributed by atoms with E-state index in [2.05, 4.69) is 42.9 Å². The molecule has 2 aliphatic heterocycles. The van der Waals surface area contributed by atoms with Gasteiger partial charge in [-0.25, -0.2) is 13.4 Å². The lowest BCUT2D eigenvalue weighted by atomic mass is 9.82. The lowest BCUT2D eigenvalue weighted by Crippen LogP contribution is -2.38. The van der Waals surface area contributed by atoms with Crippen molar-refractivity contribution in [3.63, 3.8) is 0 Å². The SMILES string of the molecule is CC1CCN(S(=O)(=O)c2cc3c4c(c2)c(N=Nc2nc(-c5ccc(Cl)cc5)cs2)c(O)n4C(C)(C)CC3C)CC1. The Morgan fingerprint density at radius 1 is 1.10 bits per heavy atom. The van der Waals surface area contributed by atoms with Gasteiger partial charge in [-0.05, 0) is 74.8 Å². The van der Waals surface area contributed by atoms with Crippen molar-refractivity contribution in [1.29, 1.82) is 0 Å². The van der Waals surface area contributed by atoms with E-state index in [-0.39, 0.29) is 22.4 Å². The number of aromatic hydroxyl groups is 1. The standard InChI is InChI=1S/C29H32ClN5O3S2/c1-17-9-11-34(12-10-17)40(37,38)21-13-22-18(2)15-29(3,4)35-26(22)23(14-21)25(27(35)36)32-33-28-31-24(16-39-28)19-5-7-20(30)8-6-19/h5-8,13-14,16-18,36H,9-12,15H2,1-4H3. The van der Waals surface area contributed by atoms with E-state index in [9.17, 15) is 13.5 Å². The summed E-state index contributed by atoms with van der Waals surface area (Å²) in [5, 5.41) is 23.9. The molecular formula is C29H32ClN5O3S2. The minimum atomic E-state index is -3.70. The Morgan fingerprint density at radius 2 is 1.80 bits per heavy atom. The molecule has 1 unspecified atom stereocenters. The van der Waals surface area contributed by atoms with Gasteiger partial charge in [0.05, 0.1) is 16.1 Å². The topological polar surface area (TPSA) is 100 Å². The summed E-state index contributed by atoms with van der Waals surface area (Å²) in [4.78, 5) is 4.82. The van der Waals surface area contributed by atoms with Gasteiger partial charge in [-0.1, -0.05) is 37.6 Å². The zero-order valence-electron chi connectivity index (χ0n) is 22.9. The second kappa shape index (κ2) is 9.94. The van der Waals surface area contributed by atoms with Gasteiger partial charge in [0.2, 0.25) is 21.0 Å². The molecule has 4 heterocycles. The Kier molecular flexibility index (Phi) is 6.80. The van der Waals surface area contributed by atoms with Crippen LogP contribution in [0.3, 0.4) is 0 Å². The van der Waals surface area contributed by atoms with Crippen LogP contribution in [0.5, 0.6) is 5.88 Å². The first kappa shape index (κ1) is 27.4. The number of nitrogens with zero attached hydrogens (tertiary/aromatic N) is 5. The van der Waals surface area contributed by atoms with E-state index in [1.54, 1.807) is 16.4 Å². The molecule has 1 atom stereocenters. The Balaban J connectivity index is 1.46. The quantitative estimate of drug-likeness (QED) is 0.234. The second-order valence-corrected chi connectivity index (χ2v) is 14.9. The molecule has 0 radical (unpaired) electrons. The van der Waals surface area contributed by atoms with Crippen molar-refractivity contribution in [2.75, 3.05) is 13.1 Å². The zero-order valence-corrected chi connectivity index (χ0v) is 25.3. The highest BCUT2D eigenvalue weighted by molar-refractivity contribution is 7.89. The fourth-order valence-corrected chi connectivity index (χ4v) is 8.39. The fraction of sp³-hybridized carbons (Fsp3) is 0.414. The highest BCUT2D eigenvalue weighted by Crippen LogP contribution is 2.52. The molecule has 0 bridgehead atoms. The first-order valence-electron chi connectivity index (χ1n) is 13.5. The number of piperidine rings is 1. The third kappa shape index (κ3) is 4.64. The van der Waals surface area contributed by atoms with Crippen molar-refractivity contribution in [2.45, 2.75) is 63.3 Å². The lowest BCUT2D eigenvalue weighted by molar-refractivity contribution is 0.267. The highest BCUT2D eigenvalue weighted by atomic mass is 35.5. The molecule has 4 aromatic rings. The maximum Gasteiger partial charge on any atom is 0.243 e. The van der Waals surface area contributed by atoms with E-state index >= 15 is 0 Å². The van der Waals surface area contributed by atoms with Gasteiger partial charge in [-0.3, -0.25) is 0 Å². The van der Waals surface area contributed by atoms with Crippen LogP contribution < -0.4 is 0 Å². The third-order valence-electron chi connectivity index (χ3n) is 8.21. The molecule has 1 N–H and O–H groups in total. The van der Waals surface area contributed by atoms with Gasteiger partial charge in [0.1, 0.15) is 0 Å². The van der Waals surface area contributed by atoms with Crippen LogP contribution in [0, 0.1) is 5.92 Å². The second-order valence-electron chi connectivity index (χ2n) is 11.6. The first-order valence-corrected chi connectivity index (χ1v) is 16.2. The molecule has 2 aromatic carbocycles. The summed E-state index contributed by atoms with van der Waals surface area (Å²) in [6.45, 7) is 9.44. The summed E-state index contributed by atoms with van der Waals surface area (Å²) in [7, 11) is -3.70. The summed E-state index contributed by atoms with van der Waals surface area (Å²) < 4.78 is 31.0. The van der Waals surface area contributed by atoms with Gasteiger partial charge >= 0.3 is 0 Å². The number of rotatable bonds is 5. The minimum Gasteiger partial charge on any atom is -0.493 e. The summed E-state index contributed by atoms with van der Waals surface area (Å²) >= 11 is 7.35. The summed E-state index contributed by atoms with van der Waals surface area (Å²) in [5.41, 5.74) is 3.23. The van der Waals surface area contributed by atoms with E-state index in [0.29, 0.717) is 34.5 Å². The molecule has 11 heteroatoms. The monoisotopic (exact) mass is 597 g/mol. The lowest BCUT2D eigenvalue weighted by Gasteiger charge is -2.37. The number of benzene rings is 2. The van der Waals surface area contributed by atoms with Crippen molar-refractivity contribution in [1.82, 2.24) is 13.9 Å². The number of hydrogen-bond acceptors (Lipinski definition) is 7. The normalized spacial score (nSPS) is 20.1. The molecule has 0 aliphatic carbocycles. The van der Waals surface area contributed by atoms with Crippen LogP contribution in [0.4, 0.5) is 10.8 Å². The van der Waals surface area contributed by atoms with Crippen molar-refractivity contribution in [2.24, 2.45) is 16.1 Å². The smallest absolute Gasteiger partial charge is 0.243 e. The van der Waals surface area contributed by atoms with Crippen molar-refractivity contribution in [3.8, 4) is 17.1 Å². The molecule has 40 heavy (non-hydrogen) atoms. The van der Waals surface area contributed by atoms with Crippen LogP contribution in [0.2, 0.25) is 5.02 Å². The largest absolute Gasteiger partial charge is 0.493 e. The van der Waals surface area contributed by atoms with Crippen molar-refractivity contribution >= 4 is 54.7 Å². The van der Waals surface area contributed by atoms with E-state index in [1.807, 2.05) is 34.2 Å². The van der Waals surface area contributed by atoms with Crippen LogP contribution in [0.15, 0.2) is 56.9 Å². The van der Waals surface area contributed by atoms with E-state index in [0.717, 1.165) is 41.6 Å². The van der Waals surface area contributed by atoms with E-state index in [1.165, 1.54) is 11.3 Å². The number of sulfonamides is 1. The minimum absolute atomic E-state index is 0.0206. The molecule has 2 aromatic heterocycles. The van der Waals surface area contributed by atoms with E-state index < -0.39 is 15.6 Å². The number of aromatic nitrogens is 2. The first-order chi connectivity index (χ1) is 19.0. The number of hydrogen-bond donors (Lipinski definition) is 1. The molecule has 0 amide bonds. The van der Waals surface area contributed by atoms with Gasteiger partial charge in [-0.15, -0.1) is 21.6 Å². The van der Waals surface area contributed by atoms with Crippen LogP contribution in [0.1, 0.15) is 58.4 Å². The maximum absolute atomic E-state index is 13.8. The Bertz CT molecular complexity index is 1730. The molecule has 1 saturated heterocycles. The van der Waals surface area contributed by atoms with Crippen LogP contribution in [-0.2, 0) is 15.6 Å². The Hall–Kier alpha value is -2.79. The van der Waals surface area contributed by atoms with Crippen molar-refractivity contribution in [3.05, 3.63) is 52.4 Å². The average molecular weight is 598 g/mol. The number of halogens is 1. The van der Waals surface area contributed by atoms with Gasteiger partial charge in [-0.2, -0.15) is 4.31 Å². The summed E-state index contributed by atoms with van der Waals surface area (Å²) in [6.07, 6.45) is 2.44. The van der Waals surface area contributed by atoms with E-state index in [4.69, 9.17) is 11.6 Å². The molecule has 6 rings (SSSR count). The van der Waals surface area contributed by atoms with Crippen LogP contribution in [0.25, 0.3) is 22.2 Å². The molecule has 210 valence electrons. The third-order valence-corrected chi connectivity index (χ3v) is 11.1. The Morgan fingerprint density at radius 3 is 2.50 bits per heavy atom. The van der Waals surface area contributed by atoms with Crippen LogP contribution in [-0.4, -0.2) is 40.5 Å². The zero-order chi connectivity index (χ0) is 28.4. The number of azo groups is 1. The number of thiazole rings is 1. The van der Waals surface area contributed by atoms with Crippen molar-refractivity contribution < 1.29 is 13.5 Å². The summed E-state index contributed by atoms with van der Waals surface area (Å²) in [5.74, 6) is 0.593. The Labute approximate surface area is 243 Å². The maximum atomic E-state index is 13.8. The van der Waals surface area contributed by atoms with Crippen LogP contribution >= 0.6 is 22.9 Å². The average Bonchev–Trinajstić information content (AvgIpc) is 3.49. The molecule has 2 aliphatic rings. The molecule has 1 fully saturated rings. The molecule has 8 nitrogen and oxygen atoms in total. The van der Waals surface area contributed by atoms with Gasteiger partial charge < -0.3 is 9.67 Å². The van der Waals surface area contributed by atoms with Gasteiger partial charge in [0.25, 0.3) is 0 Å². The highest BCUT2D eigenvalue weighted by Gasteiger charge is 2.38. The fourth-order valence-electron chi connectivity index (χ4n) is 6.09. The molecule has 0 spiro atoms. The van der Waals surface area contributed by atoms with Gasteiger partial charge in [0.15, 0.2) is 5.69 Å². The molecule has 0 saturated carbocycles. The summed E-state index contributed by atoms with van der Waals surface area (Å²) in [6, 6.07) is 10.9. The predicted octanol–water partition coefficient (Wildman–Crippen LogP) is 8.20. The molecular weight excluding hydrogens is 566 g/mol. The van der Waals surface area contributed by atoms with Gasteiger partial charge in [0, 0.05) is 40.0 Å².